The third-order valence-corrected chi connectivity index (χ3v) is 2.26. The Hall–Kier alpha value is -0.160. The number of hydrogen-bond donors (Lipinski definition) is 4. The van der Waals surface area contributed by atoms with Gasteiger partial charge in [-0.25, -0.2) is 0 Å². The molecule has 4 heteroatoms. The first-order valence-electron chi connectivity index (χ1n) is 5.30. The van der Waals surface area contributed by atoms with Gasteiger partial charge in [0.05, 0.1) is 12.2 Å². The second-order valence-corrected chi connectivity index (χ2v) is 3.57. The Labute approximate surface area is 85.2 Å². The van der Waals surface area contributed by atoms with Gasteiger partial charge in [0, 0.05) is 13.2 Å². The highest BCUT2D eigenvalue weighted by molar-refractivity contribution is 4.67. The molecule has 0 radical (unpaired) electrons. The highest BCUT2D eigenvalue weighted by atomic mass is 16.3. The second kappa shape index (κ2) is 9.40. The van der Waals surface area contributed by atoms with Gasteiger partial charge in [0.15, 0.2) is 0 Å². The Morgan fingerprint density at radius 1 is 0.643 bits per heavy atom. The Morgan fingerprint density at radius 3 is 1.64 bits per heavy atom. The average Bonchev–Trinajstić information content (AvgIpc) is 2.20. The van der Waals surface area contributed by atoms with Crippen LogP contribution in [0.25, 0.3) is 0 Å². The van der Waals surface area contributed by atoms with E-state index < -0.39 is 12.2 Å². The van der Waals surface area contributed by atoms with Crippen molar-refractivity contribution in [2.45, 2.75) is 50.7 Å². The lowest BCUT2D eigenvalue weighted by Crippen LogP contribution is -2.25. The number of aliphatic hydroxyl groups is 4. The Bertz CT molecular complexity index is 119. The zero-order chi connectivity index (χ0) is 10.8. The molecule has 0 fully saturated rings. The molecular formula is C10H22O4. The summed E-state index contributed by atoms with van der Waals surface area (Å²) in [6, 6.07) is 0. The van der Waals surface area contributed by atoms with E-state index in [1.54, 1.807) is 0 Å². The van der Waals surface area contributed by atoms with Gasteiger partial charge in [0.1, 0.15) is 0 Å². The van der Waals surface area contributed by atoms with Gasteiger partial charge < -0.3 is 20.4 Å². The average molecular weight is 206 g/mol. The quantitative estimate of drug-likeness (QED) is 0.401. The van der Waals surface area contributed by atoms with Crippen LogP contribution in [0.15, 0.2) is 0 Å². The fourth-order valence-corrected chi connectivity index (χ4v) is 1.33. The summed E-state index contributed by atoms with van der Waals surface area (Å²) < 4.78 is 0. The van der Waals surface area contributed by atoms with Crippen LogP contribution in [0, 0.1) is 0 Å². The van der Waals surface area contributed by atoms with E-state index in [-0.39, 0.29) is 13.2 Å². The van der Waals surface area contributed by atoms with E-state index in [4.69, 9.17) is 10.2 Å². The van der Waals surface area contributed by atoms with E-state index in [1.807, 2.05) is 0 Å². The van der Waals surface area contributed by atoms with Crippen molar-refractivity contribution in [3.63, 3.8) is 0 Å². The molecule has 0 saturated heterocycles. The molecule has 14 heavy (non-hydrogen) atoms. The van der Waals surface area contributed by atoms with Crippen molar-refractivity contribution < 1.29 is 20.4 Å². The molecule has 0 aliphatic heterocycles. The zero-order valence-electron chi connectivity index (χ0n) is 8.60. The maximum absolute atomic E-state index is 9.45. The summed E-state index contributed by atoms with van der Waals surface area (Å²) in [5.41, 5.74) is 0. The van der Waals surface area contributed by atoms with Crippen LogP contribution >= 0.6 is 0 Å². The first-order valence-corrected chi connectivity index (χ1v) is 5.30. The molecule has 86 valence electrons. The van der Waals surface area contributed by atoms with E-state index >= 15 is 0 Å². The van der Waals surface area contributed by atoms with Crippen LogP contribution in [0.1, 0.15) is 38.5 Å². The molecule has 4 nitrogen and oxygen atoms in total. The van der Waals surface area contributed by atoms with Crippen LogP contribution in [0.2, 0.25) is 0 Å². The van der Waals surface area contributed by atoms with Crippen molar-refractivity contribution in [3.8, 4) is 0 Å². The summed E-state index contributed by atoms with van der Waals surface area (Å²) in [6.45, 7) is 0.234. The maximum Gasteiger partial charge on any atom is 0.0800 e. The molecule has 0 spiro atoms. The fourth-order valence-electron chi connectivity index (χ4n) is 1.33. The first kappa shape index (κ1) is 13.8. The van der Waals surface area contributed by atoms with E-state index in [0.29, 0.717) is 19.3 Å². The molecule has 0 aromatic heterocycles. The summed E-state index contributed by atoms with van der Waals surface area (Å²) in [7, 11) is 0. The van der Waals surface area contributed by atoms with Crippen molar-refractivity contribution >= 4 is 0 Å². The number of rotatable bonds is 9. The highest BCUT2D eigenvalue weighted by Crippen LogP contribution is 2.10. The van der Waals surface area contributed by atoms with E-state index in [2.05, 4.69) is 0 Å². The zero-order valence-corrected chi connectivity index (χ0v) is 8.60. The standard InChI is InChI=1S/C10H22O4/c11-7-3-1-2-5-9(13)10(14)6-4-8-12/h9-14H,1-8H2. The molecule has 0 aliphatic carbocycles. The van der Waals surface area contributed by atoms with E-state index in [9.17, 15) is 10.2 Å². The summed E-state index contributed by atoms with van der Waals surface area (Å²) >= 11 is 0. The molecule has 2 atom stereocenters. The Kier molecular flexibility index (Phi) is 9.29. The minimum Gasteiger partial charge on any atom is -0.396 e. The van der Waals surface area contributed by atoms with Crippen LogP contribution in [0.3, 0.4) is 0 Å². The lowest BCUT2D eigenvalue weighted by atomic mass is 10.0. The van der Waals surface area contributed by atoms with E-state index in [1.165, 1.54) is 0 Å². The first-order chi connectivity index (χ1) is 6.72. The molecule has 0 saturated carbocycles. The van der Waals surface area contributed by atoms with Crippen molar-refractivity contribution in [2.24, 2.45) is 0 Å². The van der Waals surface area contributed by atoms with Gasteiger partial charge in [0.2, 0.25) is 0 Å². The van der Waals surface area contributed by atoms with Gasteiger partial charge in [0.25, 0.3) is 0 Å². The van der Waals surface area contributed by atoms with Crippen LogP contribution < -0.4 is 0 Å². The normalized spacial score (nSPS) is 15.4. The number of hydrogen-bond acceptors (Lipinski definition) is 4. The molecule has 0 aromatic carbocycles. The molecular weight excluding hydrogens is 184 g/mol. The summed E-state index contributed by atoms with van der Waals surface area (Å²) in [6.07, 6.45) is 2.55. The molecule has 0 amide bonds. The SMILES string of the molecule is OCCCCCC(O)C(O)CCCO. The summed E-state index contributed by atoms with van der Waals surface area (Å²) in [5.74, 6) is 0. The van der Waals surface area contributed by atoms with Crippen molar-refractivity contribution in [3.05, 3.63) is 0 Å². The lowest BCUT2D eigenvalue weighted by molar-refractivity contribution is 0.00511. The third kappa shape index (κ3) is 7.26. The molecule has 0 bridgehead atoms. The fraction of sp³-hybridized carbons (Fsp3) is 1.00. The van der Waals surface area contributed by atoms with Crippen LogP contribution in [0.5, 0.6) is 0 Å². The van der Waals surface area contributed by atoms with Gasteiger partial charge >= 0.3 is 0 Å². The summed E-state index contributed by atoms with van der Waals surface area (Å²) in [4.78, 5) is 0. The largest absolute Gasteiger partial charge is 0.396 e. The van der Waals surface area contributed by atoms with Gasteiger partial charge in [-0.15, -0.1) is 0 Å². The smallest absolute Gasteiger partial charge is 0.0800 e. The minimum absolute atomic E-state index is 0.0499. The molecule has 0 heterocycles. The third-order valence-electron chi connectivity index (χ3n) is 2.26. The Morgan fingerprint density at radius 2 is 1.14 bits per heavy atom. The van der Waals surface area contributed by atoms with E-state index in [0.717, 1.165) is 19.3 Å². The topological polar surface area (TPSA) is 80.9 Å². The maximum atomic E-state index is 9.45. The molecule has 0 rings (SSSR count). The van der Waals surface area contributed by atoms with Gasteiger partial charge in [-0.1, -0.05) is 12.8 Å². The predicted molar refractivity (Wildman–Crippen MR) is 53.9 cm³/mol. The minimum atomic E-state index is -0.726. The molecule has 2 unspecified atom stereocenters. The van der Waals surface area contributed by atoms with Crippen LogP contribution in [-0.2, 0) is 0 Å². The monoisotopic (exact) mass is 206 g/mol. The van der Waals surface area contributed by atoms with Gasteiger partial charge in [-0.05, 0) is 25.7 Å². The summed E-state index contributed by atoms with van der Waals surface area (Å²) in [5, 5.41) is 35.9. The second-order valence-electron chi connectivity index (χ2n) is 3.57. The van der Waals surface area contributed by atoms with Crippen LogP contribution in [0.4, 0.5) is 0 Å². The number of unbranched alkanes of at least 4 members (excludes halogenated alkanes) is 2. The van der Waals surface area contributed by atoms with Gasteiger partial charge in [-0.2, -0.15) is 0 Å². The van der Waals surface area contributed by atoms with Crippen molar-refractivity contribution in [1.82, 2.24) is 0 Å². The predicted octanol–water partition coefficient (Wildman–Crippen LogP) is 0.0334. The molecule has 4 N–H and O–H groups in total. The van der Waals surface area contributed by atoms with Gasteiger partial charge in [-0.3, -0.25) is 0 Å². The Balaban J connectivity index is 3.36. The molecule has 0 aromatic rings. The van der Waals surface area contributed by atoms with Crippen LogP contribution in [-0.4, -0.2) is 45.8 Å². The molecule has 0 aliphatic rings. The highest BCUT2D eigenvalue weighted by Gasteiger charge is 2.14. The lowest BCUT2D eigenvalue weighted by Gasteiger charge is -2.16. The van der Waals surface area contributed by atoms with Crippen molar-refractivity contribution in [2.75, 3.05) is 13.2 Å². The number of aliphatic hydroxyl groups excluding tert-OH is 4. The van der Waals surface area contributed by atoms with Crippen molar-refractivity contribution in [1.29, 1.82) is 0 Å².